The molecule has 1 heterocycles. The van der Waals surface area contributed by atoms with Gasteiger partial charge in [-0.05, 0) is 36.6 Å². The Hall–Kier alpha value is -1.83. The van der Waals surface area contributed by atoms with Crippen LogP contribution in [0.2, 0.25) is 0 Å². The normalized spacial score (nSPS) is 10.4. The Kier molecular flexibility index (Phi) is 2.91. The summed E-state index contributed by atoms with van der Waals surface area (Å²) in [4.78, 5) is 10.6. The van der Waals surface area contributed by atoms with Gasteiger partial charge in [-0.15, -0.1) is 0 Å². The van der Waals surface area contributed by atoms with E-state index in [9.17, 15) is 4.79 Å². The molecule has 2 aromatic rings. The topological polar surface area (TPSA) is 22.0 Å². The summed E-state index contributed by atoms with van der Waals surface area (Å²) in [6, 6.07) is 8.28. The number of nitrogens with zero attached hydrogens (tertiary/aromatic N) is 1. The van der Waals surface area contributed by atoms with Gasteiger partial charge in [-0.1, -0.05) is 18.2 Å². The maximum atomic E-state index is 10.6. The summed E-state index contributed by atoms with van der Waals surface area (Å²) in [5.41, 5.74) is 4.60. The number of rotatable bonds is 3. The zero-order valence-corrected chi connectivity index (χ0v) is 9.60. The number of carbonyl (C=O) groups excluding carboxylic acids is 1. The lowest BCUT2D eigenvalue weighted by Crippen LogP contribution is -1.97. The molecule has 0 aliphatic heterocycles. The van der Waals surface area contributed by atoms with Gasteiger partial charge in [0.15, 0.2) is 6.29 Å². The molecule has 0 bridgehead atoms. The highest BCUT2D eigenvalue weighted by atomic mass is 16.1. The van der Waals surface area contributed by atoms with Crippen LogP contribution < -0.4 is 0 Å². The Bertz CT molecular complexity index is 511. The van der Waals surface area contributed by atoms with Crippen LogP contribution >= 0.6 is 0 Å². The SMILES string of the molecule is Cc1ccc(Cn2ccc(C=O)c2)cc1C. The standard InChI is InChI=1S/C14H15NO/c1-11-3-4-13(7-12(11)2)8-15-6-5-14(9-15)10-16/h3-7,9-10H,8H2,1-2H3. The van der Waals surface area contributed by atoms with Crippen LogP contribution in [-0.4, -0.2) is 10.9 Å². The number of benzene rings is 1. The summed E-state index contributed by atoms with van der Waals surface area (Å²) in [6.45, 7) is 5.04. The molecule has 0 unspecified atom stereocenters. The third-order valence-corrected chi connectivity index (χ3v) is 2.85. The van der Waals surface area contributed by atoms with E-state index in [0.717, 1.165) is 18.4 Å². The van der Waals surface area contributed by atoms with Crippen molar-refractivity contribution in [3.63, 3.8) is 0 Å². The maximum Gasteiger partial charge on any atom is 0.151 e. The quantitative estimate of drug-likeness (QED) is 0.718. The van der Waals surface area contributed by atoms with Gasteiger partial charge in [0.25, 0.3) is 0 Å². The van der Waals surface area contributed by atoms with Crippen molar-refractivity contribution in [1.82, 2.24) is 4.57 Å². The summed E-state index contributed by atoms with van der Waals surface area (Å²) in [5, 5.41) is 0. The van der Waals surface area contributed by atoms with E-state index in [2.05, 4.69) is 32.0 Å². The molecule has 0 aliphatic rings. The molecule has 0 aliphatic carbocycles. The molecule has 0 saturated heterocycles. The van der Waals surface area contributed by atoms with Crippen LogP contribution in [0.1, 0.15) is 27.0 Å². The van der Waals surface area contributed by atoms with Gasteiger partial charge in [-0.2, -0.15) is 0 Å². The van der Waals surface area contributed by atoms with E-state index >= 15 is 0 Å². The molecule has 2 rings (SSSR count). The van der Waals surface area contributed by atoms with Crippen molar-refractivity contribution in [3.05, 3.63) is 58.9 Å². The fourth-order valence-corrected chi connectivity index (χ4v) is 1.74. The van der Waals surface area contributed by atoms with Crippen LogP contribution in [0.15, 0.2) is 36.7 Å². The van der Waals surface area contributed by atoms with Crippen molar-refractivity contribution in [2.75, 3.05) is 0 Å². The van der Waals surface area contributed by atoms with Gasteiger partial charge in [0.05, 0.1) is 0 Å². The molecule has 1 aromatic carbocycles. The van der Waals surface area contributed by atoms with Gasteiger partial charge in [0, 0.05) is 24.5 Å². The molecular weight excluding hydrogens is 198 g/mol. The van der Waals surface area contributed by atoms with Crippen molar-refractivity contribution in [2.45, 2.75) is 20.4 Å². The fourth-order valence-electron chi connectivity index (χ4n) is 1.74. The number of hydrogen-bond acceptors (Lipinski definition) is 1. The molecule has 0 amide bonds. The number of aromatic nitrogens is 1. The van der Waals surface area contributed by atoms with E-state index in [1.807, 2.05) is 23.0 Å². The second kappa shape index (κ2) is 4.35. The molecule has 16 heavy (non-hydrogen) atoms. The first-order valence-electron chi connectivity index (χ1n) is 5.36. The van der Waals surface area contributed by atoms with E-state index in [4.69, 9.17) is 0 Å². The molecule has 0 saturated carbocycles. The number of aldehydes is 1. The largest absolute Gasteiger partial charge is 0.349 e. The number of carbonyl (C=O) groups is 1. The van der Waals surface area contributed by atoms with Crippen molar-refractivity contribution in [1.29, 1.82) is 0 Å². The molecular formula is C14H15NO. The third kappa shape index (κ3) is 2.22. The minimum absolute atomic E-state index is 0.726. The van der Waals surface area contributed by atoms with E-state index in [1.54, 1.807) is 0 Å². The van der Waals surface area contributed by atoms with Crippen LogP contribution in [0.3, 0.4) is 0 Å². The molecule has 0 fully saturated rings. The van der Waals surface area contributed by atoms with Crippen LogP contribution in [0.5, 0.6) is 0 Å². The molecule has 0 N–H and O–H groups in total. The van der Waals surface area contributed by atoms with E-state index in [-0.39, 0.29) is 0 Å². The summed E-state index contributed by atoms with van der Waals surface area (Å²) in [6.07, 6.45) is 4.66. The Morgan fingerprint density at radius 1 is 1.19 bits per heavy atom. The maximum absolute atomic E-state index is 10.6. The minimum atomic E-state index is 0.726. The molecule has 0 spiro atoms. The Morgan fingerprint density at radius 2 is 2.00 bits per heavy atom. The number of aryl methyl sites for hydroxylation is 2. The molecule has 2 nitrogen and oxygen atoms in total. The molecule has 1 aromatic heterocycles. The molecule has 2 heteroatoms. The lowest BCUT2D eigenvalue weighted by molar-refractivity contribution is 0.112. The minimum Gasteiger partial charge on any atom is -0.349 e. The van der Waals surface area contributed by atoms with Crippen molar-refractivity contribution in [2.24, 2.45) is 0 Å². The van der Waals surface area contributed by atoms with Crippen molar-refractivity contribution < 1.29 is 4.79 Å². The average molecular weight is 213 g/mol. The van der Waals surface area contributed by atoms with Gasteiger partial charge in [-0.25, -0.2) is 0 Å². The lowest BCUT2D eigenvalue weighted by Gasteiger charge is -2.06. The van der Waals surface area contributed by atoms with Gasteiger partial charge < -0.3 is 4.57 Å². The van der Waals surface area contributed by atoms with Gasteiger partial charge in [-0.3, -0.25) is 4.79 Å². The predicted molar refractivity (Wildman–Crippen MR) is 64.8 cm³/mol. The second-order valence-corrected chi connectivity index (χ2v) is 4.15. The van der Waals surface area contributed by atoms with Crippen molar-refractivity contribution in [3.8, 4) is 0 Å². The zero-order valence-electron chi connectivity index (χ0n) is 9.60. The fraction of sp³-hybridized carbons (Fsp3) is 0.214. The third-order valence-electron chi connectivity index (χ3n) is 2.85. The highest BCUT2D eigenvalue weighted by Gasteiger charge is 1.99. The van der Waals surface area contributed by atoms with Crippen LogP contribution in [0.25, 0.3) is 0 Å². The monoisotopic (exact) mass is 213 g/mol. The first-order valence-corrected chi connectivity index (χ1v) is 5.36. The first kappa shape index (κ1) is 10.7. The molecule has 82 valence electrons. The summed E-state index contributed by atoms with van der Waals surface area (Å²) >= 11 is 0. The summed E-state index contributed by atoms with van der Waals surface area (Å²) in [5.74, 6) is 0. The van der Waals surface area contributed by atoms with E-state index in [0.29, 0.717) is 0 Å². The highest BCUT2D eigenvalue weighted by Crippen LogP contribution is 2.11. The summed E-state index contributed by atoms with van der Waals surface area (Å²) < 4.78 is 2.02. The van der Waals surface area contributed by atoms with Crippen LogP contribution in [0, 0.1) is 13.8 Å². The number of hydrogen-bond donors (Lipinski definition) is 0. The average Bonchev–Trinajstić information content (AvgIpc) is 2.71. The van der Waals surface area contributed by atoms with E-state index in [1.165, 1.54) is 16.7 Å². The molecule has 0 atom stereocenters. The Morgan fingerprint density at radius 3 is 2.62 bits per heavy atom. The van der Waals surface area contributed by atoms with E-state index < -0.39 is 0 Å². The highest BCUT2D eigenvalue weighted by molar-refractivity contribution is 5.74. The predicted octanol–water partition coefficient (Wildman–Crippen LogP) is 2.97. The Balaban J connectivity index is 2.20. The Labute approximate surface area is 95.5 Å². The summed E-state index contributed by atoms with van der Waals surface area (Å²) in [7, 11) is 0. The second-order valence-electron chi connectivity index (χ2n) is 4.15. The van der Waals surface area contributed by atoms with Gasteiger partial charge >= 0.3 is 0 Å². The van der Waals surface area contributed by atoms with Crippen LogP contribution in [-0.2, 0) is 6.54 Å². The zero-order chi connectivity index (χ0) is 11.5. The van der Waals surface area contributed by atoms with Gasteiger partial charge in [0.2, 0.25) is 0 Å². The van der Waals surface area contributed by atoms with Crippen LogP contribution in [0.4, 0.5) is 0 Å². The molecule has 0 radical (unpaired) electrons. The van der Waals surface area contributed by atoms with Crippen molar-refractivity contribution >= 4 is 6.29 Å². The smallest absolute Gasteiger partial charge is 0.151 e. The first-order chi connectivity index (χ1) is 7.69. The lowest BCUT2D eigenvalue weighted by atomic mass is 10.1. The van der Waals surface area contributed by atoms with Gasteiger partial charge in [0.1, 0.15) is 0 Å².